The van der Waals surface area contributed by atoms with Crippen LogP contribution in [0.5, 0.6) is 5.75 Å². The lowest BCUT2D eigenvalue weighted by Gasteiger charge is -2.10. The number of alkyl halides is 1. The summed E-state index contributed by atoms with van der Waals surface area (Å²) in [6, 6.07) is 3.80. The third kappa shape index (κ3) is 3.54. The molecule has 1 unspecified atom stereocenters. The normalized spacial score (nSPS) is 12.5. The van der Waals surface area contributed by atoms with E-state index in [1.54, 1.807) is 6.20 Å². The molecule has 1 rings (SSSR count). The lowest BCUT2D eigenvalue weighted by Crippen LogP contribution is -2.07. The first-order valence-electron chi connectivity index (χ1n) is 4.90. The lowest BCUT2D eigenvalue weighted by atomic mass is 10.1. The molecule has 3 heteroatoms. The molecule has 1 atom stereocenters. The van der Waals surface area contributed by atoms with E-state index in [0.717, 1.165) is 24.5 Å². The van der Waals surface area contributed by atoms with Crippen LogP contribution in [-0.4, -0.2) is 11.6 Å². The molecule has 0 aliphatic rings. The number of aromatic nitrogens is 1. The molecular formula is C11H16ClNO. The van der Waals surface area contributed by atoms with Crippen molar-refractivity contribution in [2.45, 2.75) is 26.1 Å². The van der Waals surface area contributed by atoms with Gasteiger partial charge in [-0.3, -0.25) is 4.98 Å². The Balaban J connectivity index is 2.43. The molecule has 0 saturated heterocycles. The maximum absolute atomic E-state index is 5.63. The number of hydrogen-bond donors (Lipinski definition) is 0. The van der Waals surface area contributed by atoms with E-state index >= 15 is 0 Å². The fourth-order valence-corrected chi connectivity index (χ4v) is 1.09. The Morgan fingerprint density at radius 3 is 2.79 bits per heavy atom. The lowest BCUT2D eigenvalue weighted by molar-refractivity contribution is 0.255. The van der Waals surface area contributed by atoms with E-state index in [0.29, 0.717) is 11.8 Å². The number of halogens is 1. The van der Waals surface area contributed by atoms with Gasteiger partial charge in [-0.25, -0.2) is 0 Å². The van der Waals surface area contributed by atoms with Gasteiger partial charge in [0.2, 0.25) is 0 Å². The standard InChI is InChI=1S/C11H16ClNO/c1-3-9(2)8-14-11-5-4-10(6-12)13-7-11/h4-5,7,9H,3,6,8H2,1-2H3. The topological polar surface area (TPSA) is 22.1 Å². The van der Waals surface area contributed by atoms with Gasteiger partial charge in [0.25, 0.3) is 0 Å². The molecule has 1 aromatic rings. The van der Waals surface area contributed by atoms with Crippen molar-refractivity contribution in [2.24, 2.45) is 5.92 Å². The molecule has 0 bridgehead atoms. The molecule has 0 amide bonds. The van der Waals surface area contributed by atoms with Crippen molar-refractivity contribution >= 4 is 11.6 Å². The molecular weight excluding hydrogens is 198 g/mol. The van der Waals surface area contributed by atoms with Crippen LogP contribution >= 0.6 is 11.6 Å². The van der Waals surface area contributed by atoms with Crippen molar-refractivity contribution in [1.29, 1.82) is 0 Å². The highest BCUT2D eigenvalue weighted by molar-refractivity contribution is 6.16. The minimum absolute atomic E-state index is 0.450. The predicted octanol–water partition coefficient (Wildman–Crippen LogP) is 3.25. The van der Waals surface area contributed by atoms with Gasteiger partial charge in [0, 0.05) is 0 Å². The first-order valence-corrected chi connectivity index (χ1v) is 5.43. The van der Waals surface area contributed by atoms with E-state index in [1.807, 2.05) is 12.1 Å². The summed E-state index contributed by atoms with van der Waals surface area (Å²) < 4.78 is 5.55. The fourth-order valence-electron chi connectivity index (χ4n) is 0.932. The summed E-state index contributed by atoms with van der Waals surface area (Å²) in [5.41, 5.74) is 0.877. The SMILES string of the molecule is CCC(C)COc1ccc(CCl)nc1. The summed E-state index contributed by atoms with van der Waals surface area (Å²) in [6.07, 6.45) is 2.85. The van der Waals surface area contributed by atoms with E-state index in [1.165, 1.54) is 0 Å². The Hall–Kier alpha value is -0.760. The Kier molecular flexibility index (Phi) is 4.74. The minimum Gasteiger partial charge on any atom is -0.492 e. The van der Waals surface area contributed by atoms with Crippen molar-refractivity contribution in [3.05, 3.63) is 24.0 Å². The van der Waals surface area contributed by atoms with E-state index in [2.05, 4.69) is 18.8 Å². The van der Waals surface area contributed by atoms with Crippen LogP contribution in [0.25, 0.3) is 0 Å². The average molecular weight is 214 g/mol. The van der Waals surface area contributed by atoms with Gasteiger partial charge in [0.15, 0.2) is 0 Å². The average Bonchev–Trinajstić information content (AvgIpc) is 2.26. The second-order valence-corrected chi connectivity index (χ2v) is 3.71. The van der Waals surface area contributed by atoms with Gasteiger partial charge in [-0.1, -0.05) is 20.3 Å². The molecule has 0 aliphatic heterocycles. The Morgan fingerprint density at radius 1 is 1.50 bits per heavy atom. The number of pyridine rings is 1. The molecule has 14 heavy (non-hydrogen) atoms. The maximum atomic E-state index is 5.63. The van der Waals surface area contributed by atoms with Crippen LogP contribution in [0.4, 0.5) is 0 Å². The van der Waals surface area contributed by atoms with Gasteiger partial charge in [-0.05, 0) is 18.1 Å². The summed E-state index contributed by atoms with van der Waals surface area (Å²) in [6.45, 7) is 5.07. The summed E-state index contributed by atoms with van der Waals surface area (Å²) in [5, 5.41) is 0. The van der Waals surface area contributed by atoms with Gasteiger partial charge >= 0.3 is 0 Å². The van der Waals surface area contributed by atoms with E-state index in [4.69, 9.17) is 16.3 Å². The van der Waals surface area contributed by atoms with E-state index < -0.39 is 0 Å². The van der Waals surface area contributed by atoms with Gasteiger partial charge in [0.05, 0.1) is 24.4 Å². The van der Waals surface area contributed by atoms with Crippen LogP contribution in [-0.2, 0) is 5.88 Å². The van der Waals surface area contributed by atoms with Crippen molar-refractivity contribution < 1.29 is 4.74 Å². The predicted molar refractivity (Wildman–Crippen MR) is 58.7 cm³/mol. The molecule has 78 valence electrons. The van der Waals surface area contributed by atoms with Crippen molar-refractivity contribution in [3.63, 3.8) is 0 Å². The third-order valence-electron chi connectivity index (χ3n) is 2.17. The summed E-state index contributed by atoms with van der Waals surface area (Å²) in [7, 11) is 0. The Morgan fingerprint density at radius 2 is 2.29 bits per heavy atom. The van der Waals surface area contributed by atoms with E-state index in [9.17, 15) is 0 Å². The molecule has 0 radical (unpaired) electrons. The maximum Gasteiger partial charge on any atom is 0.137 e. The van der Waals surface area contributed by atoms with Gasteiger partial charge < -0.3 is 4.74 Å². The van der Waals surface area contributed by atoms with Crippen LogP contribution in [0.3, 0.4) is 0 Å². The van der Waals surface area contributed by atoms with Crippen LogP contribution in [0.2, 0.25) is 0 Å². The highest BCUT2D eigenvalue weighted by Crippen LogP contribution is 2.12. The van der Waals surface area contributed by atoms with Crippen molar-refractivity contribution in [1.82, 2.24) is 4.98 Å². The molecule has 1 heterocycles. The number of nitrogens with zero attached hydrogens (tertiary/aromatic N) is 1. The first kappa shape index (κ1) is 11.3. The molecule has 0 fully saturated rings. The molecule has 0 aromatic carbocycles. The third-order valence-corrected chi connectivity index (χ3v) is 2.44. The summed E-state index contributed by atoms with van der Waals surface area (Å²) in [5.74, 6) is 1.85. The fraction of sp³-hybridized carbons (Fsp3) is 0.545. The second kappa shape index (κ2) is 5.86. The highest BCUT2D eigenvalue weighted by Gasteiger charge is 2.00. The number of rotatable bonds is 5. The van der Waals surface area contributed by atoms with Crippen LogP contribution in [0.1, 0.15) is 26.0 Å². The Bertz CT molecular complexity index is 260. The van der Waals surface area contributed by atoms with Gasteiger partial charge in [-0.15, -0.1) is 11.6 Å². The monoisotopic (exact) mass is 213 g/mol. The van der Waals surface area contributed by atoms with E-state index in [-0.39, 0.29) is 0 Å². The highest BCUT2D eigenvalue weighted by atomic mass is 35.5. The summed E-state index contributed by atoms with van der Waals surface area (Å²) in [4.78, 5) is 4.14. The minimum atomic E-state index is 0.450. The molecule has 0 saturated carbocycles. The second-order valence-electron chi connectivity index (χ2n) is 3.44. The first-order chi connectivity index (χ1) is 6.76. The quantitative estimate of drug-likeness (QED) is 0.701. The van der Waals surface area contributed by atoms with Crippen molar-refractivity contribution in [2.75, 3.05) is 6.61 Å². The summed E-state index contributed by atoms with van der Waals surface area (Å²) >= 11 is 5.63. The van der Waals surface area contributed by atoms with Crippen LogP contribution in [0, 0.1) is 5.92 Å². The van der Waals surface area contributed by atoms with Gasteiger partial charge in [0.1, 0.15) is 5.75 Å². The number of hydrogen-bond acceptors (Lipinski definition) is 2. The molecule has 0 spiro atoms. The smallest absolute Gasteiger partial charge is 0.137 e. The zero-order valence-electron chi connectivity index (χ0n) is 8.66. The zero-order chi connectivity index (χ0) is 10.4. The molecule has 1 aromatic heterocycles. The van der Waals surface area contributed by atoms with Crippen LogP contribution in [0.15, 0.2) is 18.3 Å². The zero-order valence-corrected chi connectivity index (χ0v) is 9.42. The Labute approximate surface area is 90.3 Å². The molecule has 0 aliphatic carbocycles. The van der Waals surface area contributed by atoms with Gasteiger partial charge in [-0.2, -0.15) is 0 Å². The molecule has 2 nitrogen and oxygen atoms in total. The largest absolute Gasteiger partial charge is 0.492 e. The number of ether oxygens (including phenoxy) is 1. The van der Waals surface area contributed by atoms with Crippen LogP contribution < -0.4 is 4.74 Å². The molecule has 0 N–H and O–H groups in total. The van der Waals surface area contributed by atoms with Crippen molar-refractivity contribution in [3.8, 4) is 5.75 Å².